The highest BCUT2D eigenvalue weighted by molar-refractivity contribution is 5.77. The zero-order chi connectivity index (χ0) is 15.4. The van der Waals surface area contributed by atoms with E-state index in [1.165, 1.54) is 12.8 Å². The first-order valence-corrected chi connectivity index (χ1v) is 7.66. The van der Waals surface area contributed by atoms with Gasteiger partial charge in [0.05, 0.1) is 7.11 Å². The molecule has 1 amide bonds. The van der Waals surface area contributed by atoms with Gasteiger partial charge in [0.2, 0.25) is 5.91 Å². The second kappa shape index (κ2) is 6.94. The predicted octanol–water partition coefficient (Wildman–Crippen LogP) is 2.21. The van der Waals surface area contributed by atoms with Gasteiger partial charge in [0.25, 0.3) is 0 Å². The monoisotopic (exact) mass is 290 g/mol. The Morgan fingerprint density at radius 2 is 2.10 bits per heavy atom. The van der Waals surface area contributed by atoms with Crippen molar-refractivity contribution in [1.82, 2.24) is 4.90 Å². The van der Waals surface area contributed by atoms with E-state index < -0.39 is 0 Å². The Morgan fingerprint density at radius 1 is 1.43 bits per heavy atom. The van der Waals surface area contributed by atoms with Gasteiger partial charge in [0, 0.05) is 25.6 Å². The number of benzene rings is 1. The topological polar surface area (TPSA) is 55.6 Å². The van der Waals surface area contributed by atoms with E-state index in [-0.39, 0.29) is 18.0 Å². The maximum absolute atomic E-state index is 12.3. The predicted molar refractivity (Wildman–Crippen MR) is 84.2 cm³/mol. The number of amides is 1. The summed E-state index contributed by atoms with van der Waals surface area (Å²) < 4.78 is 5.37. The molecule has 1 aliphatic rings. The van der Waals surface area contributed by atoms with Crippen LogP contribution in [0.5, 0.6) is 5.75 Å². The second-order valence-corrected chi connectivity index (χ2v) is 6.08. The van der Waals surface area contributed by atoms with Gasteiger partial charge in [-0.05, 0) is 43.7 Å². The molecule has 0 aliphatic heterocycles. The summed E-state index contributed by atoms with van der Waals surface area (Å²) >= 11 is 0. The van der Waals surface area contributed by atoms with Crippen molar-refractivity contribution >= 4 is 5.91 Å². The van der Waals surface area contributed by atoms with E-state index in [2.05, 4.69) is 6.92 Å². The fourth-order valence-corrected chi connectivity index (χ4v) is 2.61. The Kier molecular flexibility index (Phi) is 5.23. The van der Waals surface area contributed by atoms with Crippen molar-refractivity contribution in [3.05, 3.63) is 29.8 Å². The molecular formula is C17H26N2O2. The van der Waals surface area contributed by atoms with Crippen LogP contribution in [0.15, 0.2) is 24.3 Å². The molecule has 21 heavy (non-hydrogen) atoms. The zero-order valence-electron chi connectivity index (χ0n) is 13.2. The van der Waals surface area contributed by atoms with Gasteiger partial charge in [0.1, 0.15) is 5.75 Å². The molecule has 116 valence electrons. The molecule has 2 N–H and O–H groups in total. The minimum Gasteiger partial charge on any atom is -0.496 e. The minimum atomic E-state index is 0.0263. The van der Waals surface area contributed by atoms with Crippen LogP contribution in [0.3, 0.4) is 0 Å². The lowest BCUT2D eigenvalue weighted by atomic mass is 10.0. The fraction of sp³-hybridized carbons (Fsp3) is 0.588. The number of nitrogens with two attached hydrogens (primary N) is 1. The quantitative estimate of drug-likeness (QED) is 0.837. The van der Waals surface area contributed by atoms with Gasteiger partial charge in [-0.15, -0.1) is 0 Å². The van der Waals surface area contributed by atoms with Crippen molar-refractivity contribution in [2.75, 3.05) is 14.2 Å². The zero-order valence-corrected chi connectivity index (χ0v) is 13.2. The third-order valence-corrected chi connectivity index (χ3v) is 4.40. The molecule has 1 aliphatic carbocycles. The van der Waals surface area contributed by atoms with Crippen molar-refractivity contribution in [2.24, 2.45) is 11.7 Å². The van der Waals surface area contributed by atoms with Crippen LogP contribution in [0.25, 0.3) is 0 Å². The molecule has 1 saturated carbocycles. The number of nitrogens with zero attached hydrogens (tertiary/aromatic N) is 1. The summed E-state index contributed by atoms with van der Waals surface area (Å²) in [4.78, 5) is 14.1. The normalized spacial score (nSPS) is 17.1. The second-order valence-electron chi connectivity index (χ2n) is 6.08. The van der Waals surface area contributed by atoms with Crippen LogP contribution in [0.1, 0.15) is 31.7 Å². The Labute approximate surface area is 127 Å². The lowest BCUT2D eigenvalue weighted by Crippen LogP contribution is -2.40. The standard InChI is InChI=1S/C17H26N2O2/c1-12(10-14-6-4-5-7-16(14)21-3)19(2)17(20)11-15(18)13-8-9-13/h4-7,12-13,15H,8-11,18H2,1-3H3. The van der Waals surface area contributed by atoms with E-state index in [1.807, 2.05) is 36.2 Å². The molecular weight excluding hydrogens is 264 g/mol. The third kappa shape index (κ3) is 4.21. The van der Waals surface area contributed by atoms with Crippen molar-refractivity contribution < 1.29 is 9.53 Å². The summed E-state index contributed by atoms with van der Waals surface area (Å²) in [6.07, 6.45) is 3.59. The van der Waals surface area contributed by atoms with Crippen LogP contribution in [0.4, 0.5) is 0 Å². The number of rotatable bonds is 7. The van der Waals surface area contributed by atoms with E-state index >= 15 is 0 Å². The highest BCUT2D eigenvalue weighted by atomic mass is 16.5. The SMILES string of the molecule is COc1ccccc1CC(C)N(C)C(=O)CC(N)C1CC1. The molecule has 1 aromatic rings. The van der Waals surface area contributed by atoms with Gasteiger partial charge < -0.3 is 15.4 Å². The summed E-state index contributed by atoms with van der Waals surface area (Å²) in [5.74, 6) is 1.57. The smallest absolute Gasteiger partial charge is 0.224 e. The summed E-state index contributed by atoms with van der Waals surface area (Å²) in [5.41, 5.74) is 7.17. The number of methoxy groups -OCH3 is 1. The Hall–Kier alpha value is -1.55. The van der Waals surface area contributed by atoms with Crippen molar-refractivity contribution in [3.63, 3.8) is 0 Å². The van der Waals surface area contributed by atoms with Gasteiger partial charge in [-0.2, -0.15) is 0 Å². The van der Waals surface area contributed by atoms with Crippen LogP contribution >= 0.6 is 0 Å². The van der Waals surface area contributed by atoms with Gasteiger partial charge >= 0.3 is 0 Å². The van der Waals surface area contributed by atoms with E-state index in [9.17, 15) is 4.79 Å². The molecule has 4 nitrogen and oxygen atoms in total. The van der Waals surface area contributed by atoms with Crippen LogP contribution in [-0.2, 0) is 11.2 Å². The molecule has 2 rings (SSSR count). The highest BCUT2D eigenvalue weighted by Crippen LogP contribution is 2.33. The van der Waals surface area contributed by atoms with Crippen LogP contribution < -0.4 is 10.5 Å². The molecule has 1 aromatic carbocycles. The van der Waals surface area contributed by atoms with Crippen molar-refractivity contribution in [2.45, 2.75) is 44.7 Å². The number of hydrogen-bond acceptors (Lipinski definition) is 3. The largest absolute Gasteiger partial charge is 0.496 e. The summed E-state index contributed by atoms with van der Waals surface area (Å²) in [6.45, 7) is 2.06. The molecule has 0 saturated heterocycles. The maximum Gasteiger partial charge on any atom is 0.224 e. The van der Waals surface area contributed by atoms with Gasteiger partial charge in [0.15, 0.2) is 0 Å². The number of hydrogen-bond donors (Lipinski definition) is 1. The number of likely N-dealkylation sites (N-methyl/N-ethyl adjacent to an activating group) is 1. The van der Waals surface area contributed by atoms with Crippen LogP contribution in [0, 0.1) is 5.92 Å². The highest BCUT2D eigenvalue weighted by Gasteiger charge is 2.31. The number of ether oxygens (including phenoxy) is 1. The van der Waals surface area contributed by atoms with Crippen LogP contribution in [0.2, 0.25) is 0 Å². The Balaban J connectivity index is 1.91. The Bertz CT molecular complexity index is 485. The Morgan fingerprint density at radius 3 is 2.71 bits per heavy atom. The van der Waals surface area contributed by atoms with Crippen LogP contribution in [-0.4, -0.2) is 37.0 Å². The average molecular weight is 290 g/mol. The van der Waals surface area contributed by atoms with Crippen molar-refractivity contribution in [1.29, 1.82) is 0 Å². The first-order valence-electron chi connectivity index (χ1n) is 7.66. The first kappa shape index (κ1) is 15.8. The molecule has 0 heterocycles. The lowest BCUT2D eigenvalue weighted by molar-refractivity contribution is -0.132. The number of carbonyl (C=O) groups excluding carboxylic acids is 1. The molecule has 0 bridgehead atoms. The fourth-order valence-electron chi connectivity index (χ4n) is 2.61. The maximum atomic E-state index is 12.3. The van der Waals surface area contributed by atoms with E-state index in [4.69, 9.17) is 10.5 Å². The summed E-state index contributed by atoms with van der Waals surface area (Å²) in [5, 5.41) is 0. The molecule has 0 radical (unpaired) electrons. The first-order chi connectivity index (χ1) is 10.0. The van der Waals surface area contributed by atoms with E-state index in [0.29, 0.717) is 12.3 Å². The molecule has 2 atom stereocenters. The van der Waals surface area contributed by atoms with E-state index in [0.717, 1.165) is 17.7 Å². The molecule has 4 heteroatoms. The summed E-state index contributed by atoms with van der Waals surface area (Å²) in [7, 11) is 3.54. The number of carbonyl (C=O) groups is 1. The minimum absolute atomic E-state index is 0.0263. The molecule has 2 unspecified atom stereocenters. The van der Waals surface area contributed by atoms with Gasteiger partial charge in [-0.25, -0.2) is 0 Å². The van der Waals surface area contributed by atoms with E-state index in [1.54, 1.807) is 7.11 Å². The number of para-hydroxylation sites is 1. The van der Waals surface area contributed by atoms with Gasteiger partial charge in [-0.1, -0.05) is 18.2 Å². The summed E-state index contributed by atoms with van der Waals surface area (Å²) in [6, 6.07) is 8.10. The third-order valence-electron chi connectivity index (χ3n) is 4.40. The van der Waals surface area contributed by atoms with Gasteiger partial charge in [-0.3, -0.25) is 4.79 Å². The lowest BCUT2D eigenvalue weighted by Gasteiger charge is -2.27. The van der Waals surface area contributed by atoms with Crippen molar-refractivity contribution in [3.8, 4) is 5.75 Å². The molecule has 0 aromatic heterocycles. The molecule has 0 spiro atoms. The molecule has 1 fully saturated rings. The average Bonchev–Trinajstić information content (AvgIpc) is 3.31.